The van der Waals surface area contributed by atoms with Crippen LogP contribution in [0.15, 0.2) is 23.6 Å². The van der Waals surface area contributed by atoms with Crippen molar-refractivity contribution in [3.63, 3.8) is 0 Å². The molecule has 1 aromatic carbocycles. The summed E-state index contributed by atoms with van der Waals surface area (Å²) < 4.78 is 0. The monoisotopic (exact) mass is 260 g/mol. The van der Waals surface area contributed by atoms with E-state index in [1.165, 1.54) is 16.7 Å². The van der Waals surface area contributed by atoms with Gasteiger partial charge >= 0.3 is 0 Å². The second-order valence-corrected chi connectivity index (χ2v) is 5.87. The summed E-state index contributed by atoms with van der Waals surface area (Å²) >= 11 is 1.72. The first-order chi connectivity index (χ1) is 8.60. The third-order valence-corrected chi connectivity index (χ3v) is 4.05. The van der Waals surface area contributed by atoms with Crippen LogP contribution in [0.2, 0.25) is 0 Å². The van der Waals surface area contributed by atoms with Crippen LogP contribution in [0.3, 0.4) is 0 Å². The van der Waals surface area contributed by atoms with Crippen LogP contribution in [0, 0.1) is 19.8 Å². The molecular weight excluding hydrogens is 240 g/mol. The molecule has 1 heterocycles. The van der Waals surface area contributed by atoms with Crippen molar-refractivity contribution in [2.24, 2.45) is 11.7 Å². The minimum atomic E-state index is 0.499. The molecule has 0 aliphatic rings. The van der Waals surface area contributed by atoms with Crippen molar-refractivity contribution in [2.75, 3.05) is 6.54 Å². The normalized spacial score (nSPS) is 12.7. The van der Waals surface area contributed by atoms with Crippen molar-refractivity contribution in [3.05, 3.63) is 40.4 Å². The lowest BCUT2D eigenvalue weighted by molar-refractivity contribution is 0.586. The average molecular weight is 260 g/mol. The third-order valence-electron chi connectivity index (χ3n) is 3.12. The maximum Gasteiger partial charge on any atom is 0.123 e. The Balaban J connectivity index is 2.24. The van der Waals surface area contributed by atoms with Crippen molar-refractivity contribution >= 4 is 11.3 Å². The predicted molar refractivity (Wildman–Crippen MR) is 78.9 cm³/mol. The Morgan fingerprint density at radius 3 is 2.78 bits per heavy atom. The molecule has 0 amide bonds. The molecule has 2 rings (SSSR count). The van der Waals surface area contributed by atoms with E-state index in [1.54, 1.807) is 11.3 Å². The summed E-state index contributed by atoms with van der Waals surface area (Å²) in [4.78, 5) is 4.72. The minimum Gasteiger partial charge on any atom is -0.330 e. The van der Waals surface area contributed by atoms with Crippen LogP contribution in [-0.2, 0) is 6.42 Å². The van der Waals surface area contributed by atoms with Gasteiger partial charge in [0.1, 0.15) is 5.01 Å². The highest BCUT2D eigenvalue weighted by Gasteiger charge is 2.09. The third kappa shape index (κ3) is 2.98. The maximum atomic E-state index is 5.65. The molecule has 2 N–H and O–H groups in total. The van der Waals surface area contributed by atoms with Gasteiger partial charge in [0.05, 0.1) is 5.69 Å². The van der Waals surface area contributed by atoms with E-state index in [1.807, 2.05) is 0 Å². The average Bonchev–Trinajstić information content (AvgIpc) is 2.77. The Kier molecular flexibility index (Phi) is 4.15. The van der Waals surface area contributed by atoms with E-state index in [2.05, 4.69) is 44.4 Å². The van der Waals surface area contributed by atoms with Gasteiger partial charge in [-0.15, -0.1) is 11.3 Å². The maximum absolute atomic E-state index is 5.65. The molecule has 96 valence electrons. The van der Waals surface area contributed by atoms with Crippen LogP contribution < -0.4 is 5.73 Å². The number of hydrogen-bond donors (Lipinski definition) is 1. The number of benzene rings is 1. The van der Waals surface area contributed by atoms with Gasteiger partial charge in [0.25, 0.3) is 0 Å². The molecule has 1 atom stereocenters. The number of nitrogens with zero attached hydrogens (tertiary/aromatic N) is 1. The molecule has 0 radical (unpaired) electrons. The summed E-state index contributed by atoms with van der Waals surface area (Å²) in [7, 11) is 0. The van der Waals surface area contributed by atoms with Crippen molar-refractivity contribution in [1.82, 2.24) is 4.98 Å². The molecule has 2 nitrogen and oxygen atoms in total. The van der Waals surface area contributed by atoms with Crippen LogP contribution in [0.5, 0.6) is 0 Å². The van der Waals surface area contributed by atoms with Gasteiger partial charge in [-0.25, -0.2) is 4.98 Å². The van der Waals surface area contributed by atoms with Gasteiger partial charge in [-0.1, -0.05) is 30.7 Å². The standard InChI is InChI=1S/C15H20N2S/c1-10-4-5-14(12(3)6-10)15-17-13(9-18-15)7-11(2)8-16/h4-6,9,11H,7-8,16H2,1-3H3. The second kappa shape index (κ2) is 5.63. The van der Waals surface area contributed by atoms with Crippen LogP contribution >= 0.6 is 11.3 Å². The summed E-state index contributed by atoms with van der Waals surface area (Å²) in [6.07, 6.45) is 0.970. The van der Waals surface area contributed by atoms with Gasteiger partial charge < -0.3 is 5.73 Å². The SMILES string of the molecule is Cc1ccc(-c2nc(CC(C)CN)cs2)c(C)c1. The minimum absolute atomic E-state index is 0.499. The molecule has 1 aromatic heterocycles. The van der Waals surface area contributed by atoms with Gasteiger partial charge in [-0.3, -0.25) is 0 Å². The van der Waals surface area contributed by atoms with E-state index in [-0.39, 0.29) is 0 Å². The van der Waals surface area contributed by atoms with Crippen LogP contribution in [0.4, 0.5) is 0 Å². The Morgan fingerprint density at radius 1 is 1.33 bits per heavy atom. The molecule has 0 saturated heterocycles. The van der Waals surface area contributed by atoms with Crippen molar-refractivity contribution in [3.8, 4) is 10.6 Å². The lowest BCUT2D eigenvalue weighted by Gasteiger charge is -2.05. The Hall–Kier alpha value is -1.19. The van der Waals surface area contributed by atoms with E-state index < -0.39 is 0 Å². The smallest absolute Gasteiger partial charge is 0.123 e. The summed E-state index contributed by atoms with van der Waals surface area (Å²) in [6.45, 7) is 7.14. The summed E-state index contributed by atoms with van der Waals surface area (Å²) in [6, 6.07) is 6.52. The molecule has 0 bridgehead atoms. The van der Waals surface area contributed by atoms with Crippen LogP contribution in [-0.4, -0.2) is 11.5 Å². The van der Waals surface area contributed by atoms with E-state index in [0.29, 0.717) is 5.92 Å². The van der Waals surface area contributed by atoms with Gasteiger partial charge in [-0.2, -0.15) is 0 Å². The first kappa shape index (κ1) is 13.2. The van der Waals surface area contributed by atoms with Crippen molar-refractivity contribution in [2.45, 2.75) is 27.2 Å². The molecular formula is C15H20N2S. The Morgan fingerprint density at radius 2 is 2.11 bits per heavy atom. The molecule has 0 aliphatic heterocycles. The van der Waals surface area contributed by atoms with Crippen LogP contribution in [0.1, 0.15) is 23.7 Å². The number of nitrogens with two attached hydrogens (primary N) is 1. The number of aromatic nitrogens is 1. The summed E-state index contributed by atoms with van der Waals surface area (Å²) in [5, 5.41) is 3.27. The second-order valence-electron chi connectivity index (χ2n) is 5.01. The number of rotatable bonds is 4. The largest absolute Gasteiger partial charge is 0.330 e. The predicted octanol–water partition coefficient (Wildman–Crippen LogP) is 3.56. The van der Waals surface area contributed by atoms with E-state index >= 15 is 0 Å². The Labute approximate surface area is 113 Å². The first-order valence-corrected chi connectivity index (χ1v) is 7.20. The quantitative estimate of drug-likeness (QED) is 0.913. The zero-order valence-electron chi connectivity index (χ0n) is 11.2. The molecule has 1 unspecified atom stereocenters. The van der Waals surface area contributed by atoms with E-state index in [4.69, 9.17) is 10.7 Å². The van der Waals surface area contributed by atoms with Crippen molar-refractivity contribution < 1.29 is 0 Å². The Bertz CT molecular complexity index is 531. The highest BCUT2D eigenvalue weighted by molar-refractivity contribution is 7.13. The van der Waals surface area contributed by atoms with E-state index in [0.717, 1.165) is 23.7 Å². The molecule has 18 heavy (non-hydrogen) atoms. The summed E-state index contributed by atoms with van der Waals surface area (Å²) in [5.74, 6) is 0.499. The van der Waals surface area contributed by atoms with Gasteiger partial charge in [0.2, 0.25) is 0 Å². The van der Waals surface area contributed by atoms with Crippen LogP contribution in [0.25, 0.3) is 10.6 Å². The van der Waals surface area contributed by atoms with Gasteiger partial charge in [-0.05, 0) is 38.3 Å². The zero-order valence-corrected chi connectivity index (χ0v) is 12.1. The number of thiazole rings is 1. The fourth-order valence-electron chi connectivity index (χ4n) is 2.02. The molecule has 0 saturated carbocycles. The van der Waals surface area contributed by atoms with E-state index in [9.17, 15) is 0 Å². The molecule has 0 spiro atoms. The highest BCUT2D eigenvalue weighted by Crippen LogP contribution is 2.28. The zero-order chi connectivity index (χ0) is 13.1. The lowest BCUT2D eigenvalue weighted by atomic mass is 10.1. The molecule has 2 aromatic rings. The van der Waals surface area contributed by atoms with Gasteiger partial charge in [0, 0.05) is 10.9 Å². The number of hydrogen-bond acceptors (Lipinski definition) is 3. The molecule has 0 aliphatic carbocycles. The lowest BCUT2D eigenvalue weighted by Crippen LogP contribution is -2.13. The van der Waals surface area contributed by atoms with Gasteiger partial charge in [0.15, 0.2) is 0 Å². The fourth-order valence-corrected chi connectivity index (χ4v) is 2.94. The summed E-state index contributed by atoms with van der Waals surface area (Å²) in [5.41, 5.74) is 10.7. The number of aryl methyl sites for hydroxylation is 2. The highest BCUT2D eigenvalue weighted by atomic mass is 32.1. The molecule has 0 fully saturated rings. The topological polar surface area (TPSA) is 38.9 Å². The fraction of sp³-hybridized carbons (Fsp3) is 0.400. The van der Waals surface area contributed by atoms with Crippen molar-refractivity contribution in [1.29, 1.82) is 0 Å². The molecule has 3 heteroatoms. The first-order valence-electron chi connectivity index (χ1n) is 6.32.